The highest BCUT2D eigenvalue weighted by Crippen LogP contribution is 2.30. The highest BCUT2D eigenvalue weighted by Gasteiger charge is 2.22. The fourth-order valence-electron chi connectivity index (χ4n) is 4.13. The predicted molar refractivity (Wildman–Crippen MR) is 141 cm³/mol. The minimum absolute atomic E-state index is 0.194. The summed E-state index contributed by atoms with van der Waals surface area (Å²) in [4.78, 5) is 28.2. The van der Waals surface area contributed by atoms with Crippen LogP contribution in [0.1, 0.15) is 38.3 Å². The number of benzene rings is 3. The zero-order chi connectivity index (χ0) is 24.8. The fourth-order valence-corrected chi connectivity index (χ4v) is 4.43. The first kappa shape index (κ1) is 25.0. The molecule has 0 saturated carbocycles. The highest BCUT2D eigenvalue weighted by molar-refractivity contribution is 6.42. The maximum absolute atomic E-state index is 13.2. The molecule has 1 heterocycles. The Hall–Kier alpha value is -3.06. The number of rotatable bonds is 8. The molecule has 6 nitrogen and oxygen atoms in total. The molecule has 0 bridgehead atoms. The van der Waals surface area contributed by atoms with E-state index < -0.39 is 0 Å². The molecule has 4 rings (SSSR count). The summed E-state index contributed by atoms with van der Waals surface area (Å²) in [7, 11) is 1.63. The van der Waals surface area contributed by atoms with E-state index in [1.165, 1.54) is 17.2 Å². The number of ether oxygens (including phenoxy) is 1. The summed E-state index contributed by atoms with van der Waals surface area (Å²) in [5.74, 6) is -0.532. The second-order valence-electron chi connectivity index (χ2n) is 8.36. The lowest BCUT2D eigenvalue weighted by Crippen LogP contribution is -2.33. The van der Waals surface area contributed by atoms with Crippen LogP contribution in [0, 0.1) is 0 Å². The molecule has 0 atom stereocenters. The van der Waals surface area contributed by atoms with E-state index in [0.717, 1.165) is 25.2 Å². The number of halogens is 2. The van der Waals surface area contributed by atoms with Crippen LogP contribution < -0.4 is 15.5 Å². The molecular weight excluding hydrogens is 485 g/mol. The number of nitrogens with zero attached hydrogens (tertiary/aromatic N) is 1. The molecular formula is C27H27Cl2N3O3. The second kappa shape index (κ2) is 11.6. The van der Waals surface area contributed by atoms with Gasteiger partial charge >= 0.3 is 0 Å². The van der Waals surface area contributed by atoms with Crippen LogP contribution in [-0.2, 0) is 17.7 Å². The smallest absolute Gasteiger partial charge is 0.255 e. The van der Waals surface area contributed by atoms with Crippen LogP contribution in [0.25, 0.3) is 0 Å². The molecule has 3 aromatic carbocycles. The van der Waals surface area contributed by atoms with Crippen LogP contribution in [0.5, 0.6) is 0 Å². The van der Waals surface area contributed by atoms with E-state index in [1.54, 1.807) is 25.3 Å². The van der Waals surface area contributed by atoms with Gasteiger partial charge in [0, 0.05) is 50.3 Å². The molecule has 8 heteroatoms. The van der Waals surface area contributed by atoms with Gasteiger partial charge in [-0.25, -0.2) is 0 Å². The third kappa shape index (κ3) is 6.14. The summed E-state index contributed by atoms with van der Waals surface area (Å²) in [5.41, 5.74) is 4.82. The van der Waals surface area contributed by atoms with Gasteiger partial charge in [0.2, 0.25) is 0 Å². The maximum Gasteiger partial charge on any atom is 0.255 e. The molecule has 182 valence electrons. The predicted octanol–water partition coefficient (Wildman–Crippen LogP) is 5.57. The summed E-state index contributed by atoms with van der Waals surface area (Å²) >= 11 is 12.0. The molecule has 3 aromatic rings. The van der Waals surface area contributed by atoms with Crippen molar-refractivity contribution in [3.63, 3.8) is 0 Å². The average Bonchev–Trinajstić information content (AvgIpc) is 2.87. The lowest BCUT2D eigenvalue weighted by molar-refractivity contribution is 0.0947. The van der Waals surface area contributed by atoms with Crippen molar-refractivity contribution in [1.82, 2.24) is 5.32 Å². The molecule has 0 radical (unpaired) electrons. The van der Waals surface area contributed by atoms with E-state index in [-0.39, 0.29) is 11.8 Å². The third-order valence-electron chi connectivity index (χ3n) is 5.96. The summed E-state index contributed by atoms with van der Waals surface area (Å²) in [5, 5.41) is 6.51. The standard InChI is InChI=1S/C27H27Cl2N3O3/c1-35-14-4-12-30-27(34)22-16-21(31-26(33)19-7-9-23(28)24(29)15-19)8-10-25(22)32-13-11-18-5-2-3-6-20(18)17-32/h2-3,5-10,15-16H,4,11-14,17H2,1H3,(H,30,34)(H,31,33). The lowest BCUT2D eigenvalue weighted by Gasteiger charge is -2.32. The van der Waals surface area contributed by atoms with Gasteiger partial charge in [-0.3, -0.25) is 9.59 Å². The first-order chi connectivity index (χ1) is 17.0. The Labute approximate surface area is 215 Å². The number of carbonyl (C=O) groups is 2. The summed E-state index contributed by atoms with van der Waals surface area (Å²) in [6.45, 7) is 2.58. The highest BCUT2D eigenvalue weighted by atomic mass is 35.5. The van der Waals surface area contributed by atoms with Crippen molar-refractivity contribution in [2.24, 2.45) is 0 Å². The number of hydrogen-bond acceptors (Lipinski definition) is 4. The molecule has 0 unspecified atom stereocenters. The minimum Gasteiger partial charge on any atom is -0.385 e. The monoisotopic (exact) mass is 511 g/mol. The molecule has 2 N–H and O–H groups in total. The van der Waals surface area contributed by atoms with Gasteiger partial charge in [-0.2, -0.15) is 0 Å². The number of carbonyl (C=O) groups excluding carboxylic acids is 2. The summed E-state index contributed by atoms with van der Waals surface area (Å²) in [6.07, 6.45) is 1.61. The van der Waals surface area contributed by atoms with E-state index >= 15 is 0 Å². The van der Waals surface area contributed by atoms with E-state index in [9.17, 15) is 9.59 Å². The number of hydrogen-bond donors (Lipinski definition) is 2. The van der Waals surface area contributed by atoms with Gasteiger partial charge in [-0.05, 0) is 60.4 Å². The SMILES string of the molecule is COCCCNC(=O)c1cc(NC(=O)c2ccc(Cl)c(Cl)c2)ccc1N1CCc2ccccc2C1. The number of anilines is 2. The maximum atomic E-state index is 13.2. The summed E-state index contributed by atoms with van der Waals surface area (Å²) in [6, 6.07) is 18.5. The van der Waals surface area contributed by atoms with E-state index in [0.29, 0.717) is 46.4 Å². The van der Waals surface area contributed by atoms with Gasteiger partial charge in [0.25, 0.3) is 11.8 Å². The van der Waals surface area contributed by atoms with Gasteiger partial charge in [-0.15, -0.1) is 0 Å². The molecule has 0 spiro atoms. The normalized spacial score (nSPS) is 12.7. The van der Waals surface area contributed by atoms with Gasteiger partial charge < -0.3 is 20.3 Å². The van der Waals surface area contributed by atoms with Crippen molar-refractivity contribution < 1.29 is 14.3 Å². The molecule has 0 aromatic heterocycles. The van der Waals surface area contributed by atoms with Crippen LogP contribution in [0.15, 0.2) is 60.7 Å². The van der Waals surface area contributed by atoms with Crippen LogP contribution in [0.2, 0.25) is 10.0 Å². The van der Waals surface area contributed by atoms with Crippen LogP contribution in [-0.4, -0.2) is 38.6 Å². The van der Waals surface area contributed by atoms with Crippen LogP contribution >= 0.6 is 23.2 Å². The Kier molecular flexibility index (Phi) is 8.29. The Morgan fingerprint density at radius 1 is 0.971 bits per heavy atom. The second-order valence-corrected chi connectivity index (χ2v) is 9.17. The van der Waals surface area contributed by atoms with Crippen LogP contribution in [0.3, 0.4) is 0 Å². The van der Waals surface area contributed by atoms with Crippen molar-refractivity contribution in [1.29, 1.82) is 0 Å². The lowest BCUT2D eigenvalue weighted by atomic mass is 9.98. The van der Waals surface area contributed by atoms with Gasteiger partial charge in [0.15, 0.2) is 0 Å². The van der Waals surface area contributed by atoms with E-state index in [4.69, 9.17) is 27.9 Å². The van der Waals surface area contributed by atoms with Gasteiger partial charge in [0.1, 0.15) is 0 Å². The molecule has 1 aliphatic rings. The first-order valence-electron chi connectivity index (χ1n) is 11.5. The Morgan fingerprint density at radius 2 is 1.77 bits per heavy atom. The molecule has 2 amide bonds. The van der Waals surface area contributed by atoms with Crippen molar-refractivity contribution in [2.75, 3.05) is 37.0 Å². The first-order valence-corrected chi connectivity index (χ1v) is 12.2. The molecule has 0 fully saturated rings. The van der Waals surface area contributed by atoms with Crippen molar-refractivity contribution in [2.45, 2.75) is 19.4 Å². The van der Waals surface area contributed by atoms with Gasteiger partial charge in [-0.1, -0.05) is 47.5 Å². The molecule has 0 saturated heterocycles. The Morgan fingerprint density at radius 3 is 2.54 bits per heavy atom. The van der Waals surface area contributed by atoms with Crippen molar-refractivity contribution >= 4 is 46.4 Å². The number of fused-ring (bicyclic) bond motifs is 1. The zero-order valence-electron chi connectivity index (χ0n) is 19.4. The molecule has 0 aliphatic carbocycles. The van der Waals surface area contributed by atoms with Crippen molar-refractivity contribution in [3.05, 3.63) is 93.0 Å². The number of nitrogens with one attached hydrogen (secondary N) is 2. The third-order valence-corrected chi connectivity index (χ3v) is 6.70. The average molecular weight is 512 g/mol. The number of methoxy groups -OCH3 is 1. The largest absolute Gasteiger partial charge is 0.385 e. The van der Waals surface area contributed by atoms with E-state index in [1.807, 2.05) is 18.2 Å². The summed E-state index contributed by atoms with van der Waals surface area (Å²) < 4.78 is 5.08. The minimum atomic E-state index is -0.338. The van der Waals surface area contributed by atoms with Crippen LogP contribution in [0.4, 0.5) is 11.4 Å². The molecule has 1 aliphatic heterocycles. The van der Waals surface area contributed by atoms with Gasteiger partial charge in [0.05, 0.1) is 15.6 Å². The number of amides is 2. The quantitative estimate of drug-likeness (QED) is 0.387. The molecule has 35 heavy (non-hydrogen) atoms. The zero-order valence-corrected chi connectivity index (χ0v) is 21.0. The fraction of sp³-hybridized carbons (Fsp3) is 0.259. The van der Waals surface area contributed by atoms with Crippen molar-refractivity contribution in [3.8, 4) is 0 Å². The Balaban J connectivity index is 1.59. The Bertz CT molecular complexity index is 1230. The topological polar surface area (TPSA) is 70.7 Å². The van der Waals surface area contributed by atoms with E-state index in [2.05, 4.69) is 33.7 Å².